The predicted molar refractivity (Wildman–Crippen MR) is 81.5 cm³/mol. The van der Waals surface area contributed by atoms with Gasteiger partial charge in [0.25, 0.3) is 0 Å². The van der Waals surface area contributed by atoms with Crippen molar-refractivity contribution in [1.82, 2.24) is 10.2 Å². The summed E-state index contributed by atoms with van der Waals surface area (Å²) in [5.41, 5.74) is 0.107. The molecule has 2 saturated heterocycles. The van der Waals surface area contributed by atoms with Gasteiger partial charge in [0.1, 0.15) is 5.37 Å². The zero-order valence-electron chi connectivity index (χ0n) is 11.6. The summed E-state index contributed by atoms with van der Waals surface area (Å²) < 4.78 is 0.718. The van der Waals surface area contributed by atoms with E-state index in [-0.39, 0.29) is 17.0 Å². The lowest BCUT2D eigenvalue weighted by Gasteiger charge is -2.43. The van der Waals surface area contributed by atoms with E-state index < -0.39 is 18.0 Å². The van der Waals surface area contributed by atoms with Crippen LogP contribution < -0.4 is 5.32 Å². The summed E-state index contributed by atoms with van der Waals surface area (Å²) in [7, 11) is 0. The molecule has 2 fully saturated rings. The first-order chi connectivity index (χ1) is 10.0. The van der Waals surface area contributed by atoms with Crippen LogP contribution in [0.3, 0.4) is 0 Å². The Labute approximate surface area is 131 Å². The second-order valence-electron chi connectivity index (χ2n) is 5.49. The third-order valence-electron chi connectivity index (χ3n) is 4.03. The van der Waals surface area contributed by atoms with E-state index in [9.17, 15) is 19.8 Å². The summed E-state index contributed by atoms with van der Waals surface area (Å²) in [5.74, 6) is -1.82. The Morgan fingerprint density at radius 3 is 2.71 bits per heavy atom. The van der Waals surface area contributed by atoms with Crippen molar-refractivity contribution in [3.8, 4) is 0 Å². The van der Waals surface area contributed by atoms with Crippen molar-refractivity contribution in [3.05, 3.63) is 9.93 Å². The topological polar surface area (TPSA) is 89.9 Å². The number of carboxylic acid groups (broad SMARTS) is 1. The Morgan fingerprint density at radius 1 is 1.48 bits per heavy atom. The minimum absolute atomic E-state index is 0.107. The molecule has 21 heavy (non-hydrogen) atoms. The number of carboxylic acids is 1. The van der Waals surface area contributed by atoms with Crippen LogP contribution in [0.15, 0.2) is 9.93 Å². The molecule has 0 bridgehead atoms. The maximum Gasteiger partial charge on any atom is 0.354 e. The smallest absolute Gasteiger partial charge is 0.354 e. The molecule has 1 unspecified atom stereocenters. The normalized spacial score (nSPS) is 31.1. The van der Waals surface area contributed by atoms with E-state index in [1.807, 2.05) is 0 Å². The Hall–Kier alpha value is -0.700. The number of hydrogen-bond donors (Lipinski definition) is 3. The van der Waals surface area contributed by atoms with Crippen LogP contribution in [0.1, 0.15) is 19.8 Å². The number of thioether (sulfide) groups is 2. The second-order valence-corrected chi connectivity index (χ2v) is 8.19. The number of amides is 1. The number of hydrogen-bond acceptors (Lipinski definition) is 6. The van der Waals surface area contributed by atoms with Gasteiger partial charge >= 0.3 is 5.97 Å². The van der Waals surface area contributed by atoms with Crippen molar-refractivity contribution >= 4 is 35.4 Å². The SMILES string of the molecule is CC(O)[C@H]1C(=O)N2C(C(=O)O)=C(SC3CCNCC3)S[C@H]12. The minimum Gasteiger partial charge on any atom is -0.477 e. The highest BCUT2D eigenvalue weighted by molar-refractivity contribution is 8.23. The molecule has 6 nitrogen and oxygen atoms in total. The summed E-state index contributed by atoms with van der Waals surface area (Å²) in [6.45, 7) is 3.47. The average Bonchev–Trinajstić information content (AvgIpc) is 2.74. The van der Waals surface area contributed by atoms with Crippen molar-refractivity contribution in [2.75, 3.05) is 13.1 Å². The summed E-state index contributed by atoms with van der Waals surface area (Å²) in [6, 6.07) is 0. The van der Waals surface area contributed by atoms with E-state index >= 15 is 0 Å². The number of piperidine rings is 1. The van der Waals surface area contributed by atoms with Gasteiger partial charge in [-0.05, 0) is 32.9 Å². The Kier molecular flexibility index (Phi) is 4.22. The molecule has 0 radical (unpaired) electrons. The van der Waals surface area contributed by atoms with Gasteiger partial charge < -0.3 is 15.5 Å². The number of carbonyl (C=O) groups is 2. The molecule has 0 spiro atoms. The number of nitrogens with zero attached hydrogens (tertiary/aromatic N) is 1. The lowest BCUT2D eigenvalue weighted by Crippen LogP contribution is -2.60. The van der Waals surface area contributed by atoms with Gasteiger partial charge in [0.15, 0.2) is 5.70 Å². The van der Waals surface area contributed by atoms with Gasteiger partial charge in [0.2, 0.25) is 5.91 Å². The minimum atomic E-state index is -1.06. The molecule has 116 valence electrons. The van der Waals surface area contributed by atoms with E-state index in [4.69, 9.17) is 0 Å². The van der Waals surface area contributed by atoms with Gasteiger partial charge in [-0.25, -0.2) is 4.79 Å². The molecule has 0 aromatic carbocycles. The molecule has 3 aliphatic heterocycles. The Morgan fingerprint density at radius 2 is 2.14 bits per heavy atom. The van der Waals surface area contributed by atoms with Gasteiger partial charge in [-0.1, -0.05) is 11.8 Å². The first-order valence-electron chi connectivity index (χ1n) is 7.03. The molecule has 3 aliphatic rings. The lowest BCUT2D eigenvalue weighted by atomic mass is 9.92. The van der Waals surface area contributed by atoms with Gasteiger partial charge in [-0.2, -0.15) is 0 Å². The Balaban J connectivity index is 1.79. The van der Waals surface area contributed by atoms with Crippen LogP contribution in [0.4, 0.5) is 0 Å². The molecule has 3 N–H and O–H groups in total. The van der Waals surface area contributed by atoms with Gasteiger partial charge in [-0.3, -0.25) is 9.69 Å². The van der Waals surface area contributed by atoms with E-state index in [1.165, 1.54) is 16.7 Å². The van der Waals surface area contributed by atoms with E-state index in [2.05, 4.69) is 5.32 Å². The molecular formula is C13H18N2O4S2. The number of carbonyl (C=O) groups excluding carboxylic acids is 1. The molecule has 3 rings (SSSR count). The van der Waals surface area contributed by atoms with Crippen molar-refractivity contribution in [3.63, 3.8) is 0 Å². The number of aliphatic hydroxyl groups is 1. The van der Waals surface area contributed by atoms with Gasteiger partial charge in [-0.15, -0.1) is 11.8 Å². The summed E-state index contributed by atoms with van der Waals surface area (Å²) in [6.07, 6.45) is 1.25. The van der Waals surface area contributed by atoms with Gasteiger partial charge in [0.05, 0.1) is 16.3 Å². The summed E-state index contributed by atoms with van der Waals surface area (Å²) in [4.78, 5) is 24.9. The van der Waals surface area contributed by atoms with Crippen LogP contribution in [-0.2, 0) is 9.59 Å². The standard InChI is InChI=1S/C13H18N2O4S2/c1-6(16)8-10(17)15-9(12(18)19)13(21-11(8)15)20-7-2-4-14-5-3-7/h6-8,11,14,16H,2-5H2,1H3,(H,18,19)/t6?,8-,11+/m0/s1. The highest BCUT2D eigenvalue weighted by Crippen LogP contribution is 2.54. The zero-order valence-corrected chi connectivity index (χ0v) is 13.2. The first-order valence-corrected chi connectivity index (χ1v) is 8.79. The van der Waals surface area contributed by atoms with Crippen LogP contribution >= 0.6 is 23.5 Å². The lowest BCUT2D eigenvalue weighted by molar-refractivity contribution is -0.156. The molecule has 0 aliphatic carbocycles. The van der Waals surface area contributed by atoms with Crippen molar-refractivity contribution in [1.29, 1.82) is 0 Å². The highest BCUT2D eigenvalue weighted by atomic mass is 32.2. The number of nitrogens with one attached hydrogen (secondary N) is 1. The fourth-order valence-corrected chi connectivity index (χ4v) is 6.22. The zero-order chi connectivity index (χ0) is 15.1. The monoisotopic (exact) mass is 330 g/mol. The third-order valence-corrected chi connectivity index (χ3v) is 6.97. The van der Waals surface area contributed by atoms with Crippen molar-refractivity contribution < 1.29 is 19.8 Å². The predicted octanol–water partition coefficient (Wildman–Crippen LogP) is 0.637. The van der Waals surface area contributed by atoms with Crippen LogP contribution in [0.2, 0.25) is 0 Å². The van der Waals surface area contributed by atoms with Crippen LogP contribution in [0.5, 0.6) is 0 Å². The molecule has 3 heterocycles. The number of aliphatic hydroxyl groups excluding tert-OH is 1. The van der Waals surface area contributed by atoms with Crippen LogP contribution in [0, 0.1) is 5.92 Å². The summed E-state index contributed by atoms with van der Waals surface area (Å²) >= 11 is 2.99. The molecule has 0 saturated carbocycles. The maximum atomic E-state index is 12.1. The van der Waals surface area contributed by atoms with Crippen LogP contribution in [-0.4, -0.2) is 56.8 Å². The average molecular weight is 330 g/mol. The van der Waals surface area contributed by atoms with E-state index in [0.717, 1.165) is 30.2 Å². The molecule has 0 aromatic rings. The van der Waals surface area contributed by atoms with E-state index in [1.54, 1.807) is 18.7 Å². The fourth-order valence-electron chi connectivity index (χ4n) is 2.90. The first kappa shape index (κ1) is 15.2. The number of fused-ring (bicyclic) bond motifs is 1. The number of β-lactam (4-membered cyclic amide) rings is 1. The van der Waals surface area contributed by atoms with Gasteiger partial charge in [0, 0.05) is 5.25 Å². The molecule has 0 aromatic heterocycles. The van der Waals surface area contributed by atoms with Crippen molar-refractivity contribution in [2.24, 2.45) is 5.92 Å². The molecule has 1 amide bonds. The van der Waals surface area contributed by atoms with Crippen LogP contribution in [0.25, 0.3) is 0 Å². The quantitative estimate of drug-likeness (QED) is 0.652. The van der Waals surface area contributed by atoms with Crippen molar-refractivity contribution in [2.45, 2.75) is 36.5 Å². The largest absolute Gasteiger partial charge is 0.477 e. The molecular weight excluding hydrogens is 312 g/mol. The molecule has 3 atom stereocenters. The maximum absolute atomic E-state index is 12.1. The number of aliphatic carboxylic acids is 1. The number of rotatable bonds is 4. The third kappa shape index (κ3) is 2.58. The molecule has 8 heteroatoms. The fraction of sp³-hybridized carbons (Fsp3) is 0.692. The highest BCUT2D eigenvalue weighted by Gasteiger charge is 2.57. The second kappa shape index (κ2) is 5.83. The Bertz CT molecular complexity index is 502. The summed E-state index contributed by atoms with van der Waals surface area (Å²) in [5, 5.41) is 22.5. The van der Waals surface area contributed by atoms with E-state index in [0.29, 0.717) is 5.25 Å².